The van der Waals surface area contributed by atoms with Gasteiger partial charge in [-0.15, -0.1) is 6.58 Å². The number of para-hydroxylation sites is 1. The van der Waals surface area contributed by atoms with Crippen molar-refractivity contribution in [3.63, 3.8) is 0 Å². The van der Waals surface area contributed by atoms with Gasteiger partial charge < -0.3 is 0 Å². The van der Waals surface area contributed by atoms with Crippen LogP contribution in [0.3, 0.4) is 0 Å². The lowest BCUT2D eigenvalue weighted by atomic mass is 10.0. The minimum Gasteiger partial charge on any atom is -0.271 e. The minimum absolute atomic E-state index is 0.0936. The third-order valence-electron chi connectivity index (χ3n) is 3.22. The average Bonchev–Trinajstić information content (AvgIpc) is 2.73. The van der Waals surface area contributed by atoms with Crippen LogP contribution in [-0.4, -0.2) is 9.78 Å². The molecule has 1 heterocycles. The van der Waals surface area contributed by atoms with Crippen LogP contribution in [0.25, 0.3) is 10.9 Å². The lowest BCUT2D eigenvalue weighted by Gasteiger charge is -2.13. The molecule has 1 unspecified atom stereocenters. The van der Waals surface area contributed by atoms with Crippen molar-refractivity contribution < 1.29 is 0 Å². The van der Waals surface area contributed by atoms with Crippen molar-refractivity contribution >= 4 is 10.9 Å². The molecular weight excluding hydrogens is 224 g/mol. The first-order chi connectivity index (χ1) is 8.77. The Labute approximate surface area is 107 Å². The summed E-state index contributed by atoms with van der Waals surface area (Å²) in [6.45, 7) is 3.74. The monoisotopic (exact) mass is 244 g/mol. The molecule has 4 nitrogen and oxygen atoms in total. The van der Waals surface area contributed by atoms with Crippen LogP contribution >= 0.6 is 0 Å². The number of benzene rings is 1. The summed E-state index contributed by atoms with van der Waals surface area (Å²) in [5.41, 5.74) is 5.04. The van der Waals surface area contributed by atoms with Crippen LogP contribution in [0.2, 0.25) is 0 Å². The summed E-state index contributed by atoms with van der Waals surface area (Å²) >= 11 is 0. The summed E-state index contributed by atoms with van der Waals surface area (Å²) in [5.74, 6) is 5.66. The highest BCUT2D eigenvalue weighted by Gasteiger charge is 2.16. The Hall–Kier alpha value is -1.65. The molecule has 18 heavy (non-hydrogen) atoms. The zero-order valence-electron chi connectivity index (χ0n) is 10.8. The highest BCUT2D eigenvalue weighted by Crippen LogP contribution is 2.25. The fraction of sp³-hybridized carbons (Fsp3) is 0.357. The van der Waals surface area contributed by atoms with Gasteiger partial charge in [-0.1, -0.05) is 24.3 Å². The van der Waals surface area contributed by atoms with Gasteiger partial charge in [-0.05, 0) is 25.3 Å². The standard InChI is InChI=1S/C14H20N4/c1-3-4-5-9-12(16-15)14-11-8-6-7-10-13(11)18(2)17-14/h3,6-8,10,12,16H,1,4-5,9,15H2,2H3. The first-order valence-corrected chi connectivity index (χ1v) is 6.26. The van der Waals surface area contributed by atoms with Crippen molar-refractivity contribution in [2.24, 2.45) is 12.9 Å². The van der Waals surface area contributed by atoms with Gasteiger partial charge in [0.15, 0.2) is 0 Å². The van der Waals surface area contributed by atoms with Gasteiger partial charge in [0.25, 0.3) is 0 Å². The average molecular weight is 244 g/mol. The van der Waals surface area contributed by atoms with Crippen LogP contribution in [0.4, 0.5) is 0 Å². The zero-order chi connectivity index (χ0) is 13.0. The Morgan fingerprint density at radius 2 is 2.28 bits per heavy atom. The van der Waals surface area contributed by atoms with Crippen LogP contribution in [0, 0.1) is 0 Å². The highest BCUT2D eigenvalue weighted by molar-refractivity contribution is 5.82. The van der Waals surface area contributed by atoms with Gasteiger partial charge in [-0.2, -0.15) is 5.10 Å². The van der Waals surface area contributed by atoms with E-state index in [-0.39, 0.29) is 6.04 Å². The van der Waals surface area contributed by atoms with E-state index in [9.17, 15) is 0 Å². The van der Waals surface area contributed by atoms with Crippen LogP contribution in [0.1, 0.15) is 31.0 Å². The number of nitrogens with two attached hydrogens (primary N) is 1. The molecule has 0 radical (unpaired) electrons. The number of nitrogens with zero attached hydrogens (tertiary/aromatic N) is 2. The number of hydrazine groups is 1. The second kappa shape index (κ2) is 5.80. The molecule has 0 saturated heterocycles. The van der Waals surface area contributed by atoms with Crippen molar-refractivity contribution in [3.8, 4) is 0 Å². The van der Waals surface area contributed by atoms with E-state index in [0.717, 1.165) is 30.5 Å². The van der Waals surface area contributed by atoms with E-state index >= 15 is 0 Å². The largest absolute Gasteiger partial charge is 0.271 e. The number of fused-ring (bicyclic) bond motifs is 1. The molecule has 1 aromatic heterocycles. The van der Waals surface area contributed by atoms with Crippen LogP contribution < -0.4 is 11.3 Å². The third-order valence-corrected chi connectivity index (χ3v) is 3.22. The van der Waals surface area contributed by atoms with Gasteiger partial charge >= 0.3 is 0 Å². The van der Waals surface area contributed by atoms with E-state index in [1.54, 1.807) is 0 Å². The predicted octanol–water partition coefficient (Wildman–Crippen LogP) is 2.43. The van der Waals surface area contributed by atoms with Crippen molar-refractivity contribution in [2.45, 2.75) is 25.3 Å². The van der Waals surface area contributed by atoms with Crippen LogP contribution in [0.5, 0.6) is 0 Å². The summed E-state index contributed by atoms with van der Waals surface area (Å²) in [6.07, 6.45) is 4.96. The molecular formula is C14H20N4. The summed E-state index contributed by atoms with van der Waals surface area (Å²) in [4.78, 5) is 0. The zero-order valence-corrected chi connectivity index (χ0v) is 10.8. The summed E-state index contributed by atoms with van der Waals surface area (Å²) < 4.78 is 1.91. The SMILES string of the molecule is C=CCCCC(NN)c1nn(C)c2ccccc12. The normalized spacial score (nSPS) is 12.8. The molecule has 96 valence electrons. The van der Waals surface area contributed by atoms with Gasteiger partial charge in [0.1, 0.15) is 0 Å². The maximum atomic E-state index is 5.66. The second-order valence-corrected chi connectivity index (χ2v) is 4.46. The molecule has 0 aliphatic heterocycles. The Bertz CT molecular complexity index is 530. The lowest BCUT2D eigenvalue weighted by Crippen LogP contribution is -2.28. The molecule has 3 N–H and O–H groups in total. The second-order valence-electron chi connectivity index (χ2n) is 4.46. The summed E-state index contributed by atoms with van der Waals surface area (Å²) in [5, 5.41) is 5.76. The van der Waals surface area contributed by atoms with E-state index in [1.165, 1.54) is 5.39 Å². The molecule has 0 fully saturated rings. The molecule has 4 heteroatoms. The Kier molecular flexibility index (Phi) is 4.12. The van der Waals surface area contributed by atoms with Crippen molar-refractivity contribution in [1.82, 2.24) is 15.2 Å². The lowest BCUT2D eigenvalue weighted by molar-refractivity contribution is 0.487. The number of hydrogen-bond acceptors (Lipinski definition) is 3. The molecule has 0 aliphatic carbocycles. The van der Waals surface area contributed by atoms with Gasteiger partial charge in [0, 0.05) is 12.4 Å². The van der Waals surface area contributed by atoms with Crippen LogP contribution in [-0.2, 0) is 7.05 Å². The molecule has 2 rings (SSSR count). The fourth-order valence-electron chi connectivity index (χ4n) is 2.26. The highest BCUT2D eigenvalue weighted by atomic mass is 15.3. The predicted molar refractivity (Wildman–Crippen MR) is 74.8 cm³/mol. The van der Waals surface area contributed by atoms with Gasteiger partial charge in [0.05, 0.1) is 17.3 Å². The molecule has 1 aromatic carbocycles. The van der Waals surface area contributed by atoms with Crippen molar-refractivity contribution in [3.05, 3.63) is 42.6 Å². The number of rotatable bonds is 6. The topological polar surface area (TPSA) is 55.9 Å². The van der Waals surface area contributed by atoms with Gasteiger partial charge in [-0.3, -0.25) is 16.0 Å². The first-order valence-electron chi connectivity index (χ1n) is 6.26. The van der Waals surface area contributed by atoms with E-state index in [4.69, 9.17) is 5.84 Å². The molecule has 0 spiro atoms. The van der Waals surface area contributed by atoms with Gasteiger partial charge in [-0.25, -0.2) is 0 Å². The number of nitrogens with one attached hydrogen (secondary N) is 1. The molecule has 0 bridgehead atoms. The molecule has 2 aromatic rings. The molecule has 1 atom stereocenters. The number of allylic oxidation sites excluding steroid dienone is 1. The van der Waals surface area contributed by atoms with Crippen molar-refractivity contribution in [2.75, 3.05) is 0 Å². The summed E-state index contributed by atoms with van der Waals surface area (Å²) in [7, 11) is 1.96. The smallest absolute Gasteiger partial charge is 0.0886 e. The number of aryl methyl sites for hydroxylation is 1. The molecule has 0 saturated carbocycles. The van der Waals surface area contributed by atoms with Gasteiger partial charge in [0.2, 0.25) is 0 Å². The van der Waals surface area contributed by atoms with Crippen LogP contribution in [0.15, 0.2) is 36.9 Å². The van der Waals surface area contributed by atoms with E-state index in [0.29, 0.717) is 0 Å². The fourth-order valence-corrected chi connectivity index (χ4v) is 2.26. The number of unbranched alkanes of at least 4 members (excludes halogenated alkanes) is 1. The maximum absolute atomic E-state index is 5.66. The number of hydrogen-bond donors (Lipinski definition) is 2. The molecule has 0 amide bonds. The van der Waals surface area contributed by atoms with E-state index in [2.05, 4.69) is 29.2 Å². The van der Waals surface area contributed by atoms with Crippen molar-refractivity contribution in [1.29, 1.82) is 0 Å². The summed E-state index contributed by atoms with van der Waals surface area (Å²) in [6, 6.07) is 8.32. The first kappa shape index (κ1) is 12.8. The number of aromatic nitrogens is 2. The quantitative estimate of drug-likeness (QED) is 0.355. The maximum Gasteiger partial charge on any atom is 0.0886 e. The van der Waals surface area contributed by atoms with E-state index < -0.39 is 0 Å². The minimum atomic E-state index is 0.0936. The Balaban J connectivity index is 2.30. The Morgan fingerprint density at radius 1 is 1.50 bits per heavy atom. The third kappa shape index (κ3) is 2.44. The molecule has 0 aliphatic rings. The van der Waals surface area contributed by atoms with E-state index in [1.807, 2.05) is 29.9 Å². The Morgan fingerprint density at radius 3 is 3.00 bits per heavy atom.